The number of hydrogen-bond donors (Lipinski definition) is 2. The first-order valence-electron chi connectivity index (χ1n) is 8.65. The van der Waals surface area contributed by atoms with E-state index in [2.05, 4.69) is 31.4 Å². The summed E-state index contributed by atoms with van der Waals surface area (Å²) in [7, 11) is 3.06. The molecule has 0 aliphatic heterocycles. The quantitative estimate of drug-likeness (QED) is 0.817. The summed E-state index contributed by atoms with van der Waals surface area (Å²) >= 11 is 0. The van der Waals surface area contributed by atoms with Crippen LogP contribution in [0.2, 0.25) is 0 Å². The maximum atomic E-state index is 12.2. The van der Waals surface area contributed by atoms with Gasteiger partial charge in [0, 0.05) is 11.6 Å². The molecule has 0 atom stereocenters. The molecular weight excluding hydrogens is 344 g/mol. The molecule has 2 amide bonds. The van der Waals surface area contributed by atoms with Gasteiger partial charge in [-0.2, -0.15) is 0 Å². The zero-order chi connectivity index (χ0) is 20.0. The van der Waals surface area contributed by atoms with E-state index in [0.29, 0.717) is 22.7 Å². The van der Waals surface area contributed by atoms with Crippen LogP contribution in [0.15, 0.2) is 42.5 Å². The van der Waals surface area contributed by atoms with Crippen LogP contribution < -0.4 is 20.1 Å². The molecule has 0 bridgehead atoms. The number of anilines is 1. The van der Waals surface area contributed by atoms with E-state index in [-0.39, 0.29) is 23.8 Å². The highest BCUT2D eigenvalue weighted by molar-refractivity contribution is 5.99. The van der Waals surface area contributed by atoms with E-state index in [4.69, 9.17) is 9.47 Å². The zero-order valence-electron chi connectivity index (χ0n) is 16.4. The van der Waals surface area contributed by atoms with Gasteiger partial charge in [-0.3, -0.25) is 9.59 Å². The Labute approximate surface area is 159 Å². The number of benzene rings is 2. The molecule has 0 radical (unpaired) electrons. The fourth-order valence-electron chi connectivity index (χ4n) is 2.48. The maximum absolute atomic E-state index is 12.2. The first-order valence-corrected chi connectivity index (χ1v) is 8.65. The van der Waals surface area contributed by atoms with Crippen molar-refractivity contribution in [3.05, 3.63) is 53.6 Å². The number of methoxy groups -OCH3 is 2. The fraction of sp³-hybridized carbons (Fsp3) is 0.333. The van der Waals surface area contributed by atoms with Crippen LogP contribution in [0.5, 0.6) is 11.5 Å². The van der Waals surface area contributed by atoms with E-state index in [1.165, 1.54) is 7.11 Å². The third kappa shape index (κ3) is 5.48. The summed E-state index contributed by atoms with van der Waals surface area (Å²) in [5, 5.41) is 5.34. The van der Waals surface area contributed by atoms with E-state index in [1.807, 2.05) is 12.1 Å². The largest absolute Gasteiger partial charge is 0.497 e. The molecule has 6 nitrogen and oxygen atoms in total. The summed E-state index contributed by atoms with van der Waals surface area (Å²) in [5.41, 5.74) is 2.18. The Morgan fingerprint density at radius 1 is 0.963 bits per heavy atom. The van der Waals surface area contributed by atoms with Crippen LogP contribution in [0, 0.1) is 0 Å². The van der Waals surface area contributed by atoms with Crippen LogP contribution in [0.3, 0.4) is 0 Å². The third-order valence-electron chi connectivity index (χ3n) is 4.11. The van der Waals surface area contributed by atoms with Gasteiger partial charge in [0.05, 0.1) is 26.5 Å². The Morgan fingerprint density at radius 2 is 1.63 bits per heavy atom. The van der Waals surface area contributed by atoms with Gasteiger partial charge >= 0.3 is 0 Å². The standard InChI is InChI=1S/C21H26N2O4/c1-21(2,3)15-8-6-14(7-9-15)20(25)22-13-19(24)23-17-11-10-16(26-4)12-18(17)27-5/h6-12H,13H2,1-5H3,(H,22,25)(H,23,24). The van der Waals surface area contributed by atoms with E-state index in [9.17, 15) is 9.59 Å². The minimum atomic E-state index is -0.349. The lowest BCUT2D eigenvalue weighted by atomic mass is 9.87. The van der Waals surface area contributed by atoms with Crippen LogP contribution in [0.4, 0.5) is 5.69 Å². The van der Waals surface area contributed by atoms with Crippen LogP contribution >= 0.6 is 0 Å². The van der Waals surface area contributed by atoms with Crippen molar-refractivity contribution in [3.8, 4) is 11.5 Å². The van der Waals surface area contributed by atoms with E-state index < -0.39 is 0 Å². The van der Waals surface area contributed by atoms with Gasteiger partial charge in [0.1, 0.15) is 11.5 Å². The molecule has 0 aliphatic carbocycles. The number of amides is 2. The summed E-state index contributed by atoms with van der Waals surface area (Å²) in [6, 6.07) is 12.5. The van der Waals surface area contributed by atoms with Crippen LogP contribution in [-0.4, -0.2) is 32.6 Å². The van der Waals surface area contributed by atoms with Crippen molar-refractivity contribution in [2.45, 2.75) is 26.2 Å². The van der Waals surface area contributed by atoms with Crippen molar-refractivity contribution >= 4 is 17.5 Å². The second kappa shape index (κ2) is 8.58. The molecule has 0 aliphatic rings. The molecule has 2 aromatic carbocycles. The highest BCUT2D eigenvalue weighted by atomic mass is 16.5. The van der Waals surface area contributed by atoms with Gasteiger partial charge in [-0.1, -0.05) is 32.9 Å². The molecular formula is C21H26N2O4. The van der Waals surface area contributed by atoms with E-state index >= 15 is 0 Å². The predicted octanol–water partition coefficient (Wildman–Crippen LogP) is 3.37. The van der Waals surface area contributed by atoms with Crippen molar-refractivity contribution in [1.82, 2.24) is 5.32 Å². The Balaban J connectivity index is 1.94. The summed E-state index contributed by atoms with van der Waals surface area (Å²) in [6.45, 7) is 6.19. The lowest BCUT2D eigenvalue weighted by Crippen LogP contribution is -2.33. The smallest absolute Gasteiger partial charge is 0.251 e. The molecule has 0 spiro atoms. The highest BCUT2D eigenvalue weighted by Gasteiger charge is 2.15. The van der Waals surface area contributed by atoms with E-state index in [0.717, 1.165) is 5.56 Å². The van der Waals surface area contributed by atoms with Crippen LogP contribution in [-0.2, 0) is 10.2 Å². The van der Waals surface area contributed by atoms with Gasteiger partial charge in [-0.05, 0) is 35.2 Å². The number of carbonyl (C=O) groups is 2. The number of carbonyl (C=O) groups excluding carboxylic acids is 2. The second-order valence-corrected chi connectivity index (χ2v) is 7.12. The molecule has 0 unspecified atom stereocenters. The molecule has 144 valence electrons. The maximum Gasteiger partial charge on any atom is 0.251 e. The molecule has 27 heavy (non-hydrogen) atoms. The van der Waals surface area contributed by atoms with Crippen molar-refractivity contribution < 1.29 is 19.1 Å². The Bertz CT molecular complexity index is 808. The zero-order valence-corrected chi connectivity index (χ0v) is 16.4. The summed E-state index contributed by atoms with van der Waals surface area (Å²) < 4.78 is 10.4. The summed E-state index contributed by atoms with van der Waals surface area (Å²) in [5.74, 6) is 0.453. The van der Waals surface area contributed by atoms with Gasteiger partial charge in [0.15, 0.2) is 0 Å². The number of nitrogens with one attached hydrogen (secondary N) is 2. The van der Waals surface area contributed by atoms with Crippen molar-refractivity contribution in [2.24, 2.45) is 0 Å². The van der Waals surface area contributed by atoms with Crippen molar-refractivity contribution in [2.75, 3.05) is 26.1 Å². The van der Waals surface area contributed by atoms with E-state index in [1.54, 1.807) is 37.4 Å². The second-order valence-electron chi connectivity index (χ2n) is 7.12. The Morgan fingerprint density at radius 3 is 2.19 bits per heavy atom. The minimum absolute atomic E-state index is 0.0202. The molecule has 0 aromatic heterocycles. The first kappa shape index (κ1) is 20.3. The molecule has 0 heterocycles. The van der Waals surface area contributed by atoms with Crippen LogP contribution in [0.25, 0.3) is 0 Å². The number of ether oxygens (including phenoxy) is 2. The summed E-state index contributed by atoms with van der Waals surface area (Å²) in [6.07, 6.45) is 0. The number of rotatable bonds is 6. The molecule has 6 heteroatoms. The average Bonchev–Trinajstić information content (AvgIpc) is 2.65. The molecule has 2 rings (SSSR count). The highest BCUT2D eigenvalue weighted by Crippen LogP contribution is 2.28. The minimum Gasteiger partial charge on any atom is -0.497 e. The van der Waals surface area contributed by atoms with Crippen molar-refractivity contribution in [3.63, 3.8) is 0 Å². The third-order valence-corrected chi connectivity index (χ3v) is 4.11. The molecule has 2 N–H and O–H groups in total. The fourth-order valence-corrected chi connectivity index (χ4v) is 2.48. The predicted molar refractivity (Wildman–Crippen MR) is 106 cm³/mol. The van der Waals surface area contributed by atoms with Gasteiger partial charge < -0.3 is 20.1 Å². The van der Waals surface area contributed by atoms with Gasteiger partial charge in [-0.25, -0.2) is 0 Å². The Kier molecular flexibility index (Phi) is 6.45. The van der Waals surface area contributed by atoms with Crippen LogP contribution in [0.1, 0.15) is 36.7 Å². The first-order chi connectivity index (χ1) is 12.7. The van der Waals surface area contributed by atoms with Gasteiger partial charge in [-0.15, -0.1) is 0 Å². The van der Waals surface area contributed by atoms with Crippen molar-refractivity contribution in [1.29, 1.82) is 0 Å². The van der Waals surface area contributed by atoms with Gasteiger partial charge in [0.25, 0.3) is 5.91 Å². The normalized spacial score (nSPS) is 10.9. The topological polar surface area (TPSA) is 76.7 Å². The number of hydrogen-bond acceptors (Lipinski definition) is 4. The monoisotopic (exact) mass is 370 g/mol. The SMILES string of the molecule is COc1ccc(NC(=O)CNC(=O)c2ccc(C(C)(C)C)cc2)c(OC)c1. The molecule has 2 aromatic rings. The average molecular weight is 370 g/mol. The lowest BCUT2D eigenvalue weighted by Gasteiger charge is -2.19. The summed E-state index contributed by atoms with van der Waals surface area (Å²) in [4.78, 5) is 24.4. The molecule has 0 fully saturated rings. The molecule has 0 saturated carbocycles. The molecule has 0 saturated heterocycles. The lowest BCUT2D eigenvalue weighted by molar-refractivity contribution is -0.115. The van der Waals surface area contributed by atoms with Gasteiger partial charge in [0.2, 0.25) is 5.91 Å². The Hall–Kier alpha value is -3.02.